The molecule has 0 saturated heterocycles. The van der Waals surface area contributed by atoms with Crippen molar-refractivity contribution >= 4 is 0 Å². The summed E-state index contributed by atoms with van der Waals surface area (Å²) in [5, 5.41) is 0. The summed E-state index contributed by atoms with van der Waals surface area (Å²) in [6.45, 7) is 4.94. The number of hydrogen-bond donors (Lipinski definition) is 2. The van der Waals surface area contributed by atoms with Crippen molar-refractivity contribution in [3.63, 3.8) is 0 Å². The van der Waals surface area contributed by atoms with E-state index in [1.165, 1.54) is 5.57 Å². The van der Waals surface area contributed by atoms with Gasteiger partial charge in [0, 0.05) is 19.8 Å². The van der Waals surface area contributed by atoms with Crippen molar-refractivity contribution in [2.24, 2.45) is 5.84 Å². The van der Waals surface area contributed by atoms with E-state index in [9.17, 15) is 0 Å². The van der Waals surface area contributed by atoms with Crippen LogP contribution in [0.5, 0.6) is 0 Å². The Hall–Kier alpha value is -0.380. The fourth-order valence-corrected chi connectivity index (χ4v) is 1.06. The lowest BCUT2D eigenvalue weighted by Gasteiger charge is -2.11. The molecule has 0 bridgehead atoms. The van der Waals surface area contributed by atoms with E-state index in [4.69, 9.17) is 10.6 Å². The zero-order valence-electron chi connectivity index (χ0n) is 8.26. The highest BCUT2D eigenvalue weighted by Gasteiger charge is 2.00. The second-order valence-electron chi connectivity index (χ2n) is 3.15. The molecule has 0 spiro atoms. The van der Waals surface area contributed by atoms with Crippen molar-refractivity contribution in [2.45, 2.75) is 32.7 Å². The van der Waals surface area contributed by atoms with E-state index in [0.717, 1.165) is 19.4 Å². The van der Waals surface area contributed by atoms with Gasteiger partial charge in [0.25, 0.3) is 0 Å². The molecule has 3 N–H and O–H groups in total. The smallest absolute Gasteiger partial charge is 0.0462 e. The average molecular weight is 172 g/mol. The standard InChI is InChI=1S/C9H20N2O/c1-8(2)7-9(11-10)5-4-6-12-3/h7,9,11H,4-6,10H2,1-3H3. The quantitative estimate of drug-likeness (QED) is 0.274. The molecule has 0 aliphatic carbocycles. The lowest BCUT2D eigenvalue weighted by atomic mass is 10.1. The number of allylic oxidation sites excluding steroid dienone is 1. The molecule has 0 aromatic heterocycles. The van der Waals surface area contributed by atoms with E-state index in [0.29, 0.717) is 0 Å². The Kier molecular flexibility index (Phi) is 7.05. The highest BCUT2D eigenvalue weighted by molar-refractivity contribution is 5.00. The van der Waals surface area contributed by atoms with E-state index in [1.807, 2.05) is 0 Å². The molecule has 0 aliphatic heterocycles. The minimum Gasteiger partial charge on any atom is -0.385 e. The lowest BCUT2D eigenvalue weighted by Crippen LogP contribution is -2.33. The van der Waals surface area contributed by atoms with Gasteiger partial charge < -0.3 is 4.74 Å². The molecule has 0 radical (unpaired) electrons. The van der Waals surface area contributed by atoms with Gasteiger partial charge in [-0.25, -0.2) is 0 Å². The minimum atomic E-state index is 0.283. The normalized spacial score (nSPS) is 12.7. The van der Waals surface area contributed by atoms with Gasteiger partial charge in [-0.15, -0.1) is 0 Å². The first kappa shape index (κ1) is 11.6. The number of nitrogens with two attached hydrogens (primary N) is 1. The van der Waals surface area contributed by atoms with Crippen LogP contribution in [0.1, 0.15) is 26.7 Å². The number of hydrogen-bond acceptors (Lipinski definition) is 3. The molecule has 1 unspecified atom stereocenters. The lowest BCUT2D eigenvalue weighted by molar-refractivity contribution is 0.190. The number of nitrogens with one attached hydrogen (secondary N) is 1. The Morgan fingerprint density at radius 1 is 1.58 bits per heavy atom. The van der Waals surface area contributed by atoms with Gasteiger partial charge in [-0.2, -0.15) is 0 Å². The van der Waals surface area contributed by atoms with Crippen LogP contribution in [0.25, 0.3) is 0 Å². The Morgan fingerprint density at radius 2 is 2.25 bits per heavy atom. The predicted octanol–water partition coefficient (Wildman–Crippen LogP) is 1.21. The van der Waals surface area contributed by atoms with Gasteiger partial charge in [-0.05, 0) is 26.7 Å². The fraction of sp³-hybridized carbons (Fsp3) is 0.778. The minimum absolute atomic E-state index is 0.283. The zero-order valence-corrected chi connectivity index (χ0v) is 8.26. The molecule has 0 amide bonds. The molecule has 0 aromatic carbocycles. The van der Waals surface area contributed by atoms with Crippen molar-refractivity contribution in [3.05, 3.63) is 11.6 Å². The van der Waals surface area contributed by atoms with Gasteiger partial charge in [0.1, 0.15) is 0 Å². The second-order valence-corrected chi connectivity index (χ2v) is 3.15. The number of methoxy groups -OCH3 is 1. The molecular formula is C9H20N2O. The third-order valence-electron chi connectivity index (χ3n) is 1.61. The van der Waals surface area contributed by atoms with Crippen LogP contribution in [-0.2, 0) is 4.74 Å². The molecule has 0 aromatic rings. The molecule has 1 atom stereocenters. The molecule has 0 aliphatic rings. The Labute approximate surface area is 74.9 Å². The average Bonchev–Trinajstić information content (AvgIpc) is 2.02. The van der Waals surface area contributed by atoms with Gasteiger partial charge in [0.2, 0.25) is 0 Å². The summed E-state index contributed by atoms with van der Waals surface area (Å²) in [5.41, 5.74) is 4.05. The fourth-order valence-electron chi connectivity index (χ4n) is 1.06. The van der Waals surface area contributed by atoms with Gasteiger partial charge in [0.15, 0.2) is 0 Å². The van der Waals surface area contributed by atoms with Crippen LogP contribution >= 0.6 is 0 Å². The van der Waals surface area contributed by atoms with Crippen LogP contribution in [0.4, 0.5) is 0 Å². The number of rotatable bonds is 6. The summed E-state index contributed by atoms with van der Waals surface area (Å²) in [7, 11) is 1.71. The van der Waals surface area contributed by atoms with E-state index >= 15 is 0 Å². The Bertz CT molecular complexity index is 130. The first-order valence-corrected chi connectivity index (χ1v) is 4.30. The summed E-state index contributed by atoms with van der Waals surface area (Å²) in [4.78, 5) is 0. The van der Waals surface area contributed by atoms with E-state index < -0.39 is 0 Å². The molecular weight excluding hydrogens is 152 g/mol. The Morgan fingerprint density at radius 3 is 2.67 bits per heavy atom. The third-order valence-corrected chi connectivity index (χ3v) is 1.61. The highest BCUT2D eigenvalue weighted by atomic mass is 16.5. The zero-order chi connectivity index (χ0) is 9.40. The van der Waals surface area contributed by atoms with Gasteiger partial charge in [-0.1, -0.05) is 11.6 Å². The molecule has 0 rings (SSSR count). The predicted molar refractivity (Wildman–Crippen MR) is 51.7 cm³/mol. The first-order valence-electron chi connectivity index (χ1n) is 4.30. The maximum Gasteiger partial charge on any atom is 0.0462 e. The highest BCUT2D eigenvalue weighted by Crippen LogP contribution is 2.01. The summed E-state index contributed by atoms with van der Waals surface area (Å²) < 4.78 is 4.95. The summed E-state index contributed by atoms with van der Waals surface area (Å²) >= 11 is 0. The van der Waals surface area contributed by atoms with Crippen molar-refractivity contribution in [1.82, 2.24) is 5.43 Å². The van der Waals surface area contributed by atoms with Gasteiger partial charge >= 0.3 is 0 Å². The molecule has 3 heteroatoms. The second kappa shape index (κ2) is 7.28. The molecule has 0 fully saturated rings. The van der Waals surface area contributed by atoms with Crippen LogP contribution in [-0.4, -0.2) is 19.8 Å². The number of ether oxygens (including phenoxy) is 1. The topological polar surface area (TPSA) is 47.3 Å². The summed E-state index contributed by atoms with van der Waals surface area (Å²) in [6.07, 6.45) is 4.19. The molecule has 0 heterocycles. The Balaban J connectivity index is 3.61. The van der Waals surface area contributed by atoms with Crippen molar-refractivity contribution in [3.8, 4) is 0 Å². The van der Waals surface area contributed by atoms with Crippen molar-refractivity contribution in [2.75, 3.05) is 13.7 Å². The van der Waals surface area contributed by atoms with Crippen LogP contribution in [0.15, 0.2) is 11.6 Å². The monoisotopic (exact) mass is 172 g/mol. The number of hydrazine groups is 1. The van der Waals surface area contributed by atoms with Gasteiger partial charge in [0.05, 0.1) is 0 Å². The van der Waals surface area contributed by atoms with E-state index in [2.05, 4.69) is 25.3 Å². The molecule has 12 heavy (non-hydrogen) atoms. The van der Waals surface area contributed by atoms with E-state index in [1.54, 1.807) is 7.11 Å². The van der Waals surface area contributed by atoms with Crippen LogP contribution in [0.3, 0.4) is 0 Å². The van der Waals surface area contributed by atoms with Crippen molar-refractivity contribution in [1.29, 1.82) is 0 Å². The first-order chi connectivity index (χ1) is 5.70. The molecule has 0 saturated carbocycles. The summed E-state index contributed by atoms with van der Waals surface area (Å²) in [5.74, 6) is 5.37. The maximum absolute atomic E-state index is 5.37. The molecule has 3 nitrogen and oxygen atoms in total. The third kappa shape index (κ3) is 6.34. The van der Waals surface area contributed by atoms with Crippen molar-refractivity contribution < 1.29 is 4.74 Å². The van der Waals surface area contributed by atoms with Crippen LogP contribution in [0, 0.1) is 0 Å². The largest absolute Gasteiger partial charge is 0.385 e. The maximum atomic E-state index is 5.37. The van der Waals surface area contributed by atoms with E-state index in [-0.39, 0.29) is 6.04 Å². The van der Waals surface area contributed by atoms with Crippen LogP contribution in [0.2, 0.25) is 0 Å². The molecule has 72 valence electrons. The van der Waals surface area contributed by atoms with Gasteiger partial charge in [-0.3, -0.25) is 11.3 Å². The van der Waals surface area contributed by atoms with Crippen LogP contribution < -0.4 is 11.3 Å². The SMILES string of the molecule is COCCCC(C=C(C)C)NN. The summed E-state index contributed by atoms with van der Waals surface area (Å²) in [6, 6.07) is 0.283.